The van der Waals surface area contributed by atoms with Crippen molar-refractivity contribution in [2.24, 2.45) is 0 Å². The monoisotopic (exact) mass is 387 g/mol. The van der Waals surface area contributed by atoms with E-state index < -0.39 is 0 Å². The second-order valence-corrected chi connectivity index (χ2v) is 7.49. The lowest BCUT2D eigenvalue weighted by atomic mass is 10.1. The van der Waals surface area contributed by atoms with Crippen molar-refractivity contribution in [3.63, 3.8) is 0 Å². The van der Waals surface area contributed by atoms with Crippen LogP contribution < -0.4 is 15.1 Å². The molecule has 2 aromatic carbocycles. The lowest BCUT2D eigenvalue weighted by molar-refractivity contribution is 0.578. The van der Waals surface area contributed by atoms with Gasteiger partial charge in [-0.1, -0.05) is 18.2 Å². The fourth-order valence-electron chi connectivity index (χ4n) is 3.87. The molecule has 1 aromatic heterocycles. The first kappa shape index (κ1) is 19.2. The lowest BCUT2D eigenvalue weighted by Crippen LogP contribution is -2.29. The topological polar surface area (TPSA) is 44.3 Å². The van der Waals surface area contributed by atoms with Crippen LogP contribution in [0.5, 0.6) is 0 Å². The maximum absolute atomic E-state index is 4.78. The average Bonchev–Trinajstić information content (AvgIpc) is 2.76. The smallest absolute Gasteiger partial charge is 0.229 e. The molecule has 1 aliphatic heterocycles. The van der Waals surface area contributed by atoms with Crippen LogP contribution in [-0.2, 0) is 0 Å². The van der Waals surface area contributed by atoms with E-state index in [-0.39, 0.29) is 0 Å². The number of rotatable bonds is 6. The highest BCUT2D eigenvalue weighted by Gasteiger charge is 2.13. The summed E-state index contributed by atoms with van der Waals surface area (Å²) in [5, 5.41) is 3.38. The summed E-state index contributed by atoms with van der Waals surface area (Å²) in [4.78, 5) is 14.0. The first-order valence-electron chi connectivity index (χ1n) is 10.5. The number of aromatic nitrogens is 2. The molecule has 0 amide bonds. The van der Waals surface area contributed by atoms with Gasteiger partial charge in [-0.05, 0) is 69.5 Å². The number of piperidine rings is 1. The fourth-order valence-corrected chi connectivity index (χ4v) is 3.87. The molecule has 3 aromatic rings. The second kappa shape index (κ2) is 8.95. The number of aryl methyl sites for hydroxylation is 1. The Labute approximate surface area is 173 Å². The van der Waals surface area contributed by atoms with Gasteiger partial charge in [-0.15, -0.1) is 0 Å². The van der Waals surface area contributed by atoms with Gasteiger partial charge in [-0.3, -0.25) is 0 Å². The first-order valence-corrected chi connectivity index (χ1v) is 10.5. The van der Waals surface area contributed by atoms with Gasteiger partial charge in [0.25, 0.3) is 0 Å². The molecule has 1 fully saturated rings. The van der Waals surface area contributed by atoms with E-state index in [4.69, 9.17) is 4.98 Å². The predicted molar refractivity (Wildman–Crippen MR) is 122 cm³/mol. The van der Waals surface area contributed by atoms with Gasteiger partial charge in [0.15, 0.2) is 0 Å². The van der Waals surface area contributed by atoms with Crippen molar-refractivity contribution < 1.29 is 0 Å². The molecule has 0 atom stereocenters. The van der Waals surface area contributed by atoms with Gasteiger partial charge in [0.05, 0.1) is 0 Å². The molecule has 0 aliphatic carbocycles. The molecule has 150 valence electrons. The van der Waals surface area contributed by atoms with Crippen LogP contribution in [0.15, 0.2) is 60.7 Å². The van der Waals surface area contributed by atoms with Crippen molar-refractivity contribution in [2.75, 3.05) is 34.8 Å². The summed E-state index contributed by atoms with van der Waals surface area (Å²) in [6.45, 7) is 7.29. The zero-order chi connectivity index (χ0) is 20.1. The summed E-state index contributed by atoms with van der Waals surface area (Å²) in [7, 11) is 0. The Bertz CT molecular complexity index is 918. The zero-order valence-electron chi connectivity index (χ0n) is 17.3. The molecular weight excluding hydrogens is 358 g/mol. The van der Waals surface area contributed by atoms with Crippen molar-refractivity contribution in [1.29, 1.82) is 0 Å². The third-order valence-corrected chi connectivity index (χ3v) is 5.35. The van der Waals surface area contributed by atoms with E-state index in [1.54, 1.807) is 0 Å². The highest BCUT2D eigenvalue weighted by atomic mass is 15.2. The van der Waals surface area contributed by atoms with Gasteiger partial charge in [-0.2, -0.15) is 4.98 Å². The molecule has 4 rings (SSSR count). The molecule has 2 heterocycles. The first-order chi connectivity index (χ1) is 14.2. The number of benzene rings is 2. The molecule has 0 radical (unpaired) electrons. The van der Waals surface area contributed by atoms with E-state index in [0.29, 0.717) is 5.95 Å². The summed E-state index contributed by atoms with van der Waals surface area (Å²) < 4.78 is 0. The standard InChI is InChI=1S/C24H29N5/c1-3-29(22-10-6-4-7-11-22)23-18-19(2)25-24(27-23)26-20-12-14-21(15-13-20)28-16-8-5-9-17-28/h4,6-7,10-15,18H,3,5,8-9,16-17H2,1-2H3,(H,25,26,27). The van der Waals surface area contributed by atoms with Gasteiger partial charge in [-0.25, -0.2) is 4.98 Å². The Morgan fingerprint density at radius 2 is 1.66 bits per heavy atom. The molecular formula is C24H29N5. The van der Waals surface area contributed by atoms with E-state index in [1.165, 1.54) is 24.9 Å². The number of para-hydroxylation sites is 1. The number of nitrogens with one attached hydrogen (secondary N) is 1. The highest BCUT2D eigenvalue weighted by molar-refractivity contribution is 5.64. The van der Waals surface area contributed by atoms with Gasteiger partial charge in [0.2, 0.25) is 5.95 Å². The molecule has 1 N–H and O–H groups in total. The van der Waals surface area contributed by atoms with Gasteiger partial charge in [0.1, 0.15) is 5.82 Å². The summed E-state index contributed by atoms with van der Waals surface area (Å²) in [5.41, 5.74) is 4.37. The summed E-state index contributed by atoms with van der Waals surface area (Å²) >= 11 is 0. The van der Waals surface area contributed by atoms with Crippen LogP contribution in [0.1, 0.15) is 31.9 Å². The Kier molecular flexibility index (Phi) is 5.94. The van der Waals surface area contributed by atoms with Crippen molar-refractivity contribution in [1.82, 2.24) is 9.97 Å². The zero-order valence-corrected chi connectivity index (χ0v) is 17.3. The van der Waals surface area contributed by atoms with E-state index in [9.17, 15) is 0 Å². The van der Waals surface area contributed by atoms with Crippen molar-refractivity contribution >= 4 is 28.8 Å². The largest absolute Gasteiger partial charge is 0.372 e. The Hall–Kier alpha value is -3.08. The van der Waals surface area contributed by atoms with Crippen molar-refractivity contribution in [2.45, 2.75) is 33.1 Å². The van der Waals surface area contributed by atoms with Crippen molar-refractivity contribution in [3.05, 3.63) is 66.4 Å². The minimum Gasteiger partial charge on any atom is -0.372 e. The third-order valence-electron chi connectivity index (χ3n) is 5.35. The van der Waals surface area contributed by atoms with Crippen LogP contribution >= 0.6 is 0 Å². The van der Waals surface area contributed by atoms with Gasteiger partial charge < -0.3 is 15.1 Å². The minimum atomic E-state index is 0.625. The minimum absolute atomic E-state index is 0.625. The van der Waals surface area contributed by atoms with Crippen LogP contribution in [0.4, 0.5) is 28.8 Å². The van der Waals surface area contributed by atoms with Crippen LogP contribution in [0, 0.1) is 6.92 Å². The molecule has 0 saturated carbocycles. The molecule has 0 spiro atoms. The number of hydrogen-bond donors (Lipinski definition) is 1. The Morgan fingerprint density at radius 3 is 2.34 bits per heavy atom. The maximum atomic E-state index is 4.78. The van der Waals surface area contributed by atoms with Gasteiger partial charge in [0, 0.05) is 48.5 Å². The van der Waals surface area contributed by atoms with Crippen LogP contribution in [0.2, 0.25) is 0 Å². The van der Waals surface area contributed by atoms with Gasteiger partial charge >= 0.3 is 0 Å². The van der Waals surface area contributed by atoms with E-state index in [2.05, 4.69) is 75.6 Å². The summed E-state index contributed by atoms with van der Waals surface area (Å²) in [6.07, 6.45) is 3.92. The average molecular weight is 388 g/mol. The van der Waals surface area contributed by atoms with E-state index in [1.807, 2.05) is 19.1 Å². The molecule has 29 heavy (non-hydrogen) atoms. The fraction of sp³-hybridized carbons (Fsp3) is 0.333. The van der Waals surface area contributed by atoms with E-state index >= 15 is 0 Å². The molecule has 1 aliphatic rings. The second-order valence-electron chi connectivity index (χ2n) is 7.49. The predicted octanol–water partition coefficient (Wildman–Crippen LogP) is 5.68. The molecule has 5 heteroatoms. The highest BCUT2D eigenvalue weighted by Crippen LogP contribution is 2.26. The Morgan fingerprint density at radius 1 is 0.931 bits per heavy atom. The normalized spacial score (nSPS) is 13.9. The lowest BCUT2D eigenvalue weighted by Gasteiger charge is -2.28. The third kappa shape index (κ3) is 4.67. The molecule has 5 nitrogen and oxygen atoms in total. The maximum Gasteiger partial charge on any atom is 0.229 e. The van der Waals surface area contributed by atoms with Crippen molar-refractivity contribution in [3.8, 4) is 0 Å². The van der Waals surface area contributed by atoms with Crippen LogP contribution in [-0.4, -0.2) is 29.6 Å². The molecule has 0 unspecified atom stereocenters. The Balaban J connectivity index is 1.53. The number of hydrogen-bond acceptors (Lipinski definition) is 5. The summed E-state index contributed by atoms with van der Waals surface area (Å²) in [5.74, 6) is 1.53. The number of nitrogens with zero attached hydrogens (tertiary/aromatic N) is 4. The quantitative estimate of drug-likeness (QED) is 0.590. The molecule has 0 bridgehead atoms. The van der Waals surface area contributed by atoms with Crippen LogP contribution in [0.25, 0.3) is 0 Å². The molecule has 1 saturated heterocycles. The SMILES string of the molecule is CCN(c1ccccc1)c1cc(C)nc(Nc2ccc(N3CCCCC3)cc2)n1. The number of anilines is 5. The van der Waals surface area contributed by atoms with E-state index in [0.717, 1.165) is 42.5 Å². The summed E-state index contributed by atoms with van der Waals surface area (Å²) in [6, 6.07) is 21.0. The van der Waals surface area contributed by atoms with Crippen LogP contribution in [0.3, 0.4) is 0 Å².